The number of phenols is 2. The predicted molar refractivity (Wildman–Crippen MR) is 87.0 cm³/mol. The van der Waals surface area contributed by atoms with Crippen LogP contribution in [0.25, 0.3) is 22.1 Å². The van der Waals surface area contributed by atoms with Crippen molar-refractivity contribution < 1.29 is 19.4 Å². The maximum absolute atomic E-state index is 12.6. The molecule has 0 fully saturated rings. The van der Waals surface area contributed by atoms with Crippen molar-refractivity contribution in [3.8, 4) is 28.4 Å². The molecule has 0 aliphatic rings. The monoisotopic (exact) mass is 312 g/mol. The van der Waals surface area contributed by atoms with Crippen LogP contribution in [0.3, 0.4) is 0 Å². The number of ether oxygens (including phenoxy) is 1. The summed E-state index contributed by atoms with van der Waals surface area (Å²) in [6.07, 6.45) is 1.39. The summed E-state index contributed by atoms with van der Waals surface area (Å²) in [5, 5.41) is 19.4. The van der Waals surface area contributed by atoms with Crippen LogP contribution in [-0.4, -0.2) is 16.3 Å². The molecule has 0 bridgehead atoms. The lowest BCUT2D eigenvalue weighted by molar-refractivity contribution is 0.242. The van der Waals surface area contributed by atoms with Crippen LogP contribution in [0.5, 0.6) is 17.2 Å². The smallest absolute Gasteiger partial charge is 0.204 e. The molecule has 0 unspecified atom stereocenters. The zero-order valence-corrected chi connectivity index (χ0v) is 12.7. The van der Waals surface area contributed by atoms with Crippen LogP contribution in [0.15, 0.2) is 51.9 Å². The molecule has 2 N–H and O–H groups in total. The molecule has 0 aliphatic carbocycles. The van der Waals surface area contributed by atoms with Gasteiger partial charge in [-0.1, -0.05) is 12.1 Å². The molecule has 3 rings (SSSR count). The number of aromatic hydroxyl groups is 2. The van der Waals surface area contributed by atoms with E-state index >= 15 is 0 Å². The van der Waals surface area contributed by atoms with Crippen LogP contribution in [0.2, 0.25) is 0 Å². The molecule has 1 aromatic heterocycles. The molecule has 0 spiro atoms. The Labute approximate surface area is 132 Å². The summed E-state index contributed by atoms with van der Waals surface area (Å²) in [6, 6.07) is 9.47. The molecule has 118 valence electrons. The zero-order chi connectivity index (χ0) is 16.6. The third-order valence-corrected chi connectivity index (χ3v) is 3.38. The number of hydrogen-bond donors (Lipinski definition) is 2. The summed E-state index contributed by atoms with van der Waals surface area (Å²) in [4.78, 5) is 12.6. The van der Waals surface area contributed by atoms with Gasteiger partial charge >= 0.3 is 0 Å². The van der Waals surface area contributed by atoms with Gasteiger partial charge in [-0.05, 0) is 31.5 Å². The highest BCUT2D eigenvalue weighted by molar-refractivity contribution is 5.87. The lowest BCUT2D eigenvalue weighted by atomic mass is 10.0. The topological polar surface area (TPSA) is 79.9 Å². The molecule has 2 aromatic carbocycles. The van der Waals surface area contributed by atoms with Crippen LogP contribution in [-0.2, 0) is 0 Å². The fourth-order valence-electron chi connectivity index (χ4n) is 2.40. The number of phenolic OH excluding ortho intramolecular Hbond substituents is 2. The number of rotatable bonds is 3. The van der Waals surface area contributed by atoms with E-state index in [1.165, 1.54) is 12.3 Å². The first-order valence-electron chi connectivity index (χ1n) is 7.20. The lowest BCUT2D eigenvalue weighted by Gasteiger charge is -2.10. The van der Waals surface area contributed by atoms with Gasteiger partial charge < -0.3 is 19.4 Å². The minimum absolute atomic E-state index is 0.0443. The Morgan fingerprint density at radius 1 is 1.09 bits per heavy atom. The first-order chi connectivity index (χ1) is 11.0. The third-order valence-electron chi connectivity index (χ3n) is 3.38. The summed E-state index contributed by atoms with van der Waals surface area (Å²) in [7, 11) is 0. The van der Waals surface area contributed by atoms with Crippen molar-refractivity contribution in [2.45, 2.75) is 20.0 Å². The number of benzene rings is 2. The van der Waals surface area contributed by atoms with Crippen molar-refractivity contribution in [3.63, 3.8) is 0 Å². The van der Waals surface area contributed by atoms with Crippen molar-refractivity contribution in [2.24, 2.45) is 0 Å². The zero-order valence-electron chi connectivity index (χ0n) is 12.7. The van der Waals surface area contributed by atoms with E-state index in [1.807, 2.05) is 13.8 Å². The van der Waals surface area contributed by atoms with E-state index in [0.29, 0.717) is 16.9 Å². The van der Waals surface area contributed by atoms with Gasteiger partial charge in [0.05, 0.1) is 11.7 Å². The van der Waals surface area contributed by atoms with Gasteiger partial charge in [-0.3, -0.25) is 4.79 Å². The second-order valence-electron chi connectivity index (χ2n) is 5.51. The molecule has 0 radical (unpaired) electrons. The molecule has 3 aromatic rings. The van der Waals surface area contributed by atoms with E-state index < -0.39 is 0 Å². The second kappa shape index (κ2) is 5.68. The van der Waals surface area contributed by atoms with Crippen LogP contribution >= 0.6 is 0 Å². The standard InChI is InChI=1S/C18H16O5/c1-10(2)23-13-5-3-11(4-6-13)14-9-22-16-8-12(19)7-15(20)17(16)18(14)21/h3-10,19-20H,1-2H3. The fraction of sp³-hybridized carbons (Fsp3) is 0.167. The van der Waals surface area contributed by atoms with Crippen molar-refractivity contribution in [3.05, 3.63) is 52.9 Å². The third kappa shape index (κ3) is 2.85. The number of fused-ring (bicyclic) bond motifs is 1. The van der Waals surface area contributed by atoms with E-state index in [4.69, 9.17) is 9.15 Å². The molecule has 0 saturated carbocycles. The van der Waals surface area contributed by atoms with Crippen LogP contribution in [0, 0.1) is 0 Å². The van der Waals surface area contributed by atoms with Crippen molar-refractivity contribution in [2.75, 3.05) is 0 Å². The van der Waals surface area contributed by atoms with Gasteiger partial charge in [0, 0.05) is 12.1 Å². The highest BCUT2D eigenvalue weighted by Gasteiger charge is 2.14. The molecule has 0 atom stereocenters. The first-order valence-corrected chi connectivity index (χ1v) is 7.20. The van der Waals surface area contributed by atoms with E-state index in [0.717, 1.165) is 6.07 Å². The average molecular weight is 312 g/mol. The minimum atomic E-state index is -0.360. The molecule has 0 saturated heterocycles. The maximum atomic E-state index is 12.6. The van der Waals surface area contributed by atoms with Gasteiger partial charge in [0.15, 0.2) is 0 Å². The molecule has 0 amide bonds. The molecule has 23 heavy (non-hydrogen) atoms. The molecule has 1 heterocycles. The molecule has 0 aliphatic heterocycles. The molecular weight excluding hydrogens is 296 g/mol. The Hall–Kier alpha value is -2.95. The highest BCUT2D eigenvalue weighted by Crippen LogP contribution is 2.30. The van der Waals surface area contributed by atoms with Crippen LogP contribution in [0.4, 0.5) is 0 Å². The summed E-state index contributed by atoms with van der Waals surface area (Å²) < 4.78 is 11.0. The largest absolute Gasteiger partial charge is 0.508 e. The Kier molecular flexibility index (Phi) is 3.70. The van der Waals surface area contributed by atoms with Gasteiger partial charge in [0.25, 0.3) is 0 Å². The van der Waals surface area contributed by atoms with Crippen molar-refractivity contribution in [1.82, 2.24) is 0 Å². The second-order valence-corrected chi connectivity index (χ2v) is 5.51. The average Bonchev–Trinajstić information content (AvgIpc) is 2.47. The Bertz CT molecular complexity index is 907. The normalized spacial score (nSPS) is 11.1. The lowest BCUT2D eigenvalue weighted by Crippen LogP contribution is -2.06. The van der Waals surface area contributed by atoms with Gasteiger partial charge in [-0.25, -0.2) is 0 Å². The summed E-state index contributed by atoms with van der Waals surface area (Å²) in [5.41, 5.74) is 0.760. The van der Waals surface area contributed by atoms with E-state index in [1.54, 1.807) is 24.3 Å². The van der Waals surface area contributed by atoms with Crippen molar-refractivity contribution in [1.29, 1.82) is 0 Å². The Balaban J connectivity index is 2.10. The van der Waals surface area contributed by atoms with Gasteiger partial charge in [-0.15, -0.1) is 0 Å². The Morgan fingerprint density at radius 2 is 1.78 bits per heavy atom. The predicted octanol–water partition coefficient (Wildman–Crippen LogP) is 3.66. The van der Waals surface area contributed by atoms with Crippen molar-refractivity contribution >= 4 is 11.0 Å². The maximum Gasteiger partial charge on any atom is 0.204 e. The minimum Gasteiger partial charge on any atom is -0.508 e. The van der Waals surface area contributed by atoms with E-state index in [9.17, 15) is 15.0 Å². The fourth-order valence-corrected chi connectivity index (χ4v) is 2.40. The molecular formula is C18H16O5. The van der Waals surface area contributed by atoms with Crippen LogP contribution in [0.1, 0.15) is 13.8 Å². The van der Waals surface area contributed by atoms with Crippen LogP contribution < -0.4 is 10.2 Å². The van der Waals surface area contributed by atoms with Gasteiger partial charge in [0.1, 0.15) is 34.5 Å². The molecule has 5 heteroatoms. The summed E-state index contributed by atoms with van der Waals surface area (Å²) in [6.45, 7) is 3.87. The summed E-state index contributed by atoms with van der Waals surface area (Å²) in [5.74, 6) is 0.234. The quantitative estimate of drug-likeness (QED) is 0.771. The Morgan fingerprint density at radius 3 is 2.43 bits per heavy atom. The molecule has 5 nitrogen and oxygen atoms in total. The summed E-state index contributed by atoms with van der Waals surface area (Å²) >= 11 is 0. The van der Waals surface area contributed by atoms with Gasteiger partial charge in [-0.2, -0.15) is 0 Å². The van der Waals surface area contributed by atoms with E-state index in [-0.39, 0.29) is 34.0 Å². The van der Waals surface area contributed by atoms with E-state index in [2.05, 4.69) is 0 Å². The first kappa shape index (κ1) is 15.0. The van der Waals surface area contributed by atoms with Gasteiger partial charge in [0.2, 0.25) is 5.43 Å². The SMILES string of the molecule is CC(C)Oc1ccc(-c2coc3cc(O)cc(O)c3c2=O)cc1. The number of hydrogen-bond acceptors (Lipinski definition) is 5. The highest BCUT2D eigenvalue weighted by atomic mass is 16.5.